The summed E-state index contributed by atoms with van der Waals surface area (Å²) in [6, 6.07) is -0.726. The van der Waals surface area contributed by atoms with Gasteiger partial charge in [0.1, 0.15) is 13.1 Å². The first-order chi connectivity index (χ1) is 9.29. The van der Waals surface area contributed by atoms with E-state index in [-0.39, 0.29) is 18.5 Å². The van der Waals surface area contributed by atoms with Crippen LogP contribution in [0, 0.1) is 0 Å². The van der Waals surface area contributed by atoms with Crippen molar-refractivity contribution >= 4 is 23.8 Å². The molecule has 1 unspecified atom stereocenters. The van der Waals surface area contributed by atoms with E-state index in [1.54, 1.807) is 0 Å². The molecule has 1 saturated heterocycles. The number of amides is 4. The van der Waals surface area contributed by atoms with Crippen LogP contribution in [0.5, 0.6) is 0 Å². The first-order valence-corrected chi connectivity index (χ1v) is 6.10. The number of hydrogen-bond acceptors (Lipinski definition) is 4. The quantitative estimate of drug-likeness (QED) is 0.547. The number of carboxylic acid groups (broad SMARTS) is 1. The standard InChI is InChI=1S/C11H18N4O5/c1-7(16)13-8-2-3-14(4-8)11(20)15(5-9(12)17)6-10(18)19/h8H,2-6H2,1H3,(H2,12,17)(H,13,16)(H,18,19). The van der Waals surface area contributed by atoms with Crippen molar-refractivity contribution in [2.75, 3.05) is 26.2 Å². The fourth-order valence-corrected chi connectivity index (χ4v) is 2.08. The van der Waals surface area contributed by atoms with Gasteiger partial charge in [-0.1, -0.05) is 0 Å². The smallest absolute Gasteiger partial charge is 0.323 e. The summed E-state index contributed by atoms with van der Waals surface area (Å²) in [4.78, 5) is 46.9. The zero-order chi connectivity index (χ0) is 15.3. The van der Waals surface area contributed by atoms with Crippen LogP contribution in [0.25, 0.3) is 0 Å². The molecule has 1 atom stereocenters. The van der Waals surface area contributed by atoms with Gasteiger partial charge in [0.2, 0.25) is 11.8 Å². The van der Waals surface area contributed by atoms with Crippen LogP contribution < -0.4 is 11.1 Å². The van der Waals surface area contributed by atoms with Crippen molar-refractivity contribution in [2.24, 2.45) is 5.73 Å². The minimum atomic E-state index is -1.22. The SMILES string of the molecule is CC(=O)NC1CCN(C(=O)N(CC(N)=O)CC(=O)O)C1. The van der Waals surface area contributed by atoms with Crippen molar-refractivity contribution < 1.29 is 24.3 Å². The van der Waals surface area contributed by atoms with E-state index in [0.29, 0.717) is 13.0 Å². The number of likely N-dealkylation sites (tertiary alicyclic amines) is 1. The van der Waals surface area contributed by atoms with Gasteiger partial charge in [-0.3, -0.25) is 14.4 Å². The highest BCUT2D eigenvalue weighted by atomic mass is 16.4. The van der Waals surface area contributed by atoms with E-state index < -0.39 is 31.0 Å². The predicted octanol–water partition coefficient (Wildman–Crippen LogP) is -1.81. The Labute approximate surface area is 115 Å². The third-order valence-electron chi connectivity index (χ3n) is 2.81. The number of nitrogens with two attached hydrogens (primary N) is 1. The topological polar surface area (TPSA) is 133 Å². The molecule has 0 spiro atoms. The largest absolute Gasteiger partial charge is 0.480 e. The van der Waals surface area contributed by atoms with Crippen LogP contribution in [0.3, 0.4) is 0 Å². The zero-order valence-electron chi connectivity index (χ0n) is 11.2. The van der Waals surface area contributed by atoms with E-state index in [0.717, 1.165) is 4.90 Å². The van der Waals surface area contributed by atoms with E-state index in [2.05, 4.69) is 5.32 Å². The lowest BCUT2D eigenvalue weighted by Gasteiger charge is -2.25. The number of nitrogens with one attached hydrogen (secondary N) is 1. The van der Waals surface area contributed by atoms with Gasteiger partial charge in [0.25, 0.3) is 0 Å². The third-order valence-corrected chi connectivity index (χ3v) is 2.81. The Hall–Kier alpha value is -2.32. The van der Waals surface area contributed by atoms with Gasteiger partial charge in [-0.05, 0) is 6.42 Å². The van der Waals surface area contributed by atoms with E-state index in [4.69, 9.17) is 10.8 Å². The summed E-state index contributed by atoms with van der Waals surface area (Å²) >= 11 is 0. The van der Waals surface area contributed by atoms with Crippen LogP contribution in [0.15, 0.2) is 0 Å². The number of hydrogen-bond donors (Lipinski definition) is 3. The predicted molar refractivity (Wildman–Crippen MR) is 67.6 cm³/mol. The van der Waals surface area contributed by atoms with Crippen molar-refractivity contribution in [3.63, 3.8) is 0 Å². The minimum absolute atomic E-state index is 0.156. The van der Waals surface area contributed by atoms with Crippen LogP contribution in [0.2, 0.25) is 0 Å². The summed E-state index contributed by atoms with van der Waals surface area (Å²) in [6.45, 7) is 1.01. The van der Waals surface area contributed by atoms with Crippen molar-refractivity contribution in [1.82, 2.24) is 15.1 Å². The molecule has 20 heavy (non-hydrogen) atoms. The molecule has 0 aliphatic carbocycles. The van der Waals surface area contributed by atoms with Crippen LogP contribution in [-0.4, -0.2) is 70.9 Å². The lowest BCUT2D eigenvalue weighted by atomic mass is 10.3. The Morgan fingerprint density at radius 1 is 1.35 bits per heavy atom. The molecule has 1 aliphatic rings. The molecule has 0 aromatic carbocycles. The highest BCUT2D eigenvalue weighted by Crippen LogP contribution is 2.12. The van der Waals surface area contributed by atoms with E-state index in [9.17, 15) is 19.2 Å². The van der Waals surface area contributed by atoms with Gasteiger partial charge >= 0.3 is 12.0 Å². The molecule has 112 valence electrons. The van der Waals surface area contributed by atoms with E-state index in [1.165, 1.54) is 11.8 Å². The highest BCUT2D eigenvalue weighted by Gasteiger charge is 2.31. The van der Waals surface area contributed by atoms with Crippen molar-refractivity contribution in [1.29, 1.82) is 0 Å². The van der Waals surface area contributed by atoms with E-state index >= 15 is 0 Å². The number of rotatable bonds is 5. The Kier molecular flexibility index (Phi) is 5.30. The molecule has 0 aromatic rings. The van der Waals surface area contributed by atoms with Gasteiger partial charge in [-0.15, -0.1) is 0 Å². The molecule has 0 aromatic heterocycles. The molecule has 4 amide bonds. The monoisotopic (exact) mass is 286 g/mol. The molecule has 1 heterocycles. The Morgan fingerprint density at radius 3 is 2.50 bits per heavy atom. The van der Waals surface area contributed by atoms with Crippen molar-refractivity contribution in [2.45, 2.75) is 19.4 Å². The maximum atomic E-state index is 12.1. The Bertz CT molecular complexity index is 409. The summed E-state index contributed by atoms with van der Waals surface area (Å²) in [5, 5.41) is 11.4. The third kappa shape index (κ3) is 4.75. The molecule has 9 heteroatoms. The Morgan fingerprint density at radius 2 is 2.00 bits per heavy atom. The fourth-order valence-electron chi connectivity index (χ4n) is 2.08. The average Bonchev–Trinajstić information content (AvgIpc) is 2.73. The molecule has 9 nitrogen and oxygen atoms in total. The maximum Gasteiger partial charge on any atom is 0.323 e. The van der Waals surface area contributed by atoms with Crippen molar-refractivity contribution in [3.05, 3.63) is 0 Å². The highest BCUT2D eigenvalue weighted by molar-refractivity contribution is 5.86. The lowest BCUT2D eigenvalue weighted by Crippen LogP contribution is -2.48. The summed E-state index contributed by atoms with van der Waals surface area (Å²) in [7, 11) is 0. The molecule has 0 radical (unpaired) electrons. The van der Waals surface area contributed by atoms with Gasteiger partial charge < -0.3 is 26.0 Å². The second kappa shape index (κ2) is 6.73. The molecule has 0 saturated carbocycles. The summed E-state index contributed by atoms with van der Waals surface area (Å²) in [5.41, 5.74) is 5.00. The first-order valence-electron chi connectivity index (χ1n) is 6.10. The minimum Gasteiger partial charge on any atom is -0.480 e. The van der Waals surface area contributed by atoms with Crippen LogP contribution >= 0.6 is 0 Å². The second-order valence-electron chi connectivity index (χ2n) is 4.63. The number of primary amides is 1. The average molecular weight is 286 g/mol. The van der Waals surface area contributed by atoms with Gasteiger partial charge in [-0.25, -0.2) is 4.79 Å². The lowest BCUT2D eigenvalue weighted by molar-refractivity contribution is -0.138. The van der Waals surface area contributed by atoms with Crippen LogP contribution in [0.1, 0.15) is 13.3 Å². The molecule has 1 aliphatic heterocycles. The van der Waals surface area contributed by atoms with Gasteiger partial charge in [0, 0.05) is 26.1 Å². The number of nitrogens with zero attached hydrogens (tertiary/aromatic N) is 2. The number of carbonyl (C=O) groups excluding carboxylic acids is 3. The number of carboxylic acids is 1. The van der Waals surface area contributed by atoms with Gasteiger partial charge in [-0.2, -0.15) is 0 Å². The van der Waals surface area contributed by atoms with Gasteiger partial charge in [0.05, 0.1) is 0 Å². The summed E-state index contributed by atoms with van der Waals surface area (Å²) in [6.07, 6.45) is 0.586. The van der Waals surface area contributed by atoms with Crippen LogP contribution in [-0.2, 0) is 14.4 Å². The fraction of sp³-hybridized carbons (Fsp3) is 0.636. The molecule has 1 fully saturated rings. The molecular formula is C11H18N4O5. The molecule has 0 bridgehead atoms. The number of aliphatic carboxylic acids is 1. The summed E-state index contributed by atoms with van der Waals surface area (Å²) in [5.74, 6) is -2.20. The Balaban J connectivity index is 2.63. The van der Waals surface area contributed by atoms with Crippen LogP contribution in [0.4, 0.5) is 4.79 Å². The molecule has 1 rings (SSSR count). The first kappa shape index (κ1) is 15.7. The van der Waals surface area contributed by atoms with E-state index in [1.807, 2.05) is 0 Å². The zero-order valence-corrected chi connectivity index (χ0v) is 11.2. The second-order valence-corrected chi connectivity index (χ2v) is 4.63. The maximum absolute atomic E-state index is 12.1. The number of carbonyl (C=O) groups is 4. The molecule has 4 N–H and O–H groups in total. The molecular weight excluding hydrogens is 268 g/mol. The summed E-state index contributed by atoms with van der Waals surface area (Å²) < 4.78 is 0. The normalized spacial score (nSPS) is 17.6. The van der Waals surface area contributed by atoms with Crippen molar-refractivity contribution in [3.8, 4) is 0 Å². The van der Waals surface area contributed by atoms with Gasteiger partial charge in [0.15, 0.2) is 0 Å². The number of urea groups is 1.